The molecule has 0 aromatic heterocycles. The molecule has 1 saturated heterocycles. The van der Waals surface area contributed by atoms with E-state index >= 15 is 0 Å². The zero-order chi connectivity index (χ0) is 16.6. The lowest BCUT2D eigenvalue weighted by Crippen LogP contribution is -2.18. The second kappa shape index (κ2) is 6.25. The third-order valence-corrected chi connectivity index (χ3v) is 3.44. The molecule has 2 nitrogen and oxygen atoms in total. The van der Waals surface area contributed by atoms with E-state index in [4.69, 9.17) is 9.47 Å². The van der Waals surface area contributed by atoms with Gasteiger partial charge in [0.2, 0.25) is 0 Å². The maximum Gasteiger partial charge on any atom is 0.194 e. The van der Waals surface area contributed by atoms with Gasteiger partial charge in [0.05, 0.1) is 18.8 Å². The quantitative estimate of drug-likeness (QED) is 0.597. The molecule has 122 valence electrons. The molecule has 1 aliphatic rings. The second-order valence-electron chi connectivity index (χ2n) is 5.04. The van der Waals surface area contributed by atoms with Crippen LogP contribution in [0.15, 0.2) is 24.3 Å². The van der Waals surface area contributed by atoms with Crippen molar-refractivity contribution in [3.63, 3.8) is 0 Å². The molecule has 0 amide bonds. The highest BCUT2D eigenvalue weighted by atomic mass is 19.2. The SMILES string of the molecule is Fc1cc(-c2c(F)cc(C3OCCCO3)cc2F)cc(F)c1F. The molecule has 0 aliphatic carbocycles. The van der Waals surface area contributed by atoms with Crippen LogP contribution in [0.3, 0.4) is 0 Å². The van der Waals surface area contributed by atoms with E-state index in [1.54, 1.807) is 0 Å². The topological polar surface area (TPSA) is 18.5 Å². The Balaban J connectivity index is 2.04. The summed E-state index contributed by atoms with van der Waals surface area (Å²) in [5, 5.41) is 0. The van der Waals surface area contributed by atoms with Gasteiger partial charge in [0.15, 0.2) is 23.7 Å². The van der Waals surface area contributed by atoms with Crippen LogP contribution in [0.4, 0.5) is 22.0 Å². The Bertz CT molecular complexity index is 695. The first-order valence-electron chi connectivity index (χ1n) is 6.84. The van der Waals surface area contributed by atoms with E-state index in [-0.39, 0.29) is 5.56 Å². The average Bonchev–Trinajstić information content (AvgIpc) is 2.52. The van der Waals surface area contributed by atoms with E-state index in [0.29, 0.717) is 31.8 Å². The van der Waals surface area contributed by atoms with E-state index in [0.717, 1.165) is 12.1 Å². The molecule has 2 aromatic rings. The summed E-state index contributed by atoms with van der Waals surface area (Å²) in [6, 6.07) is 3.00. The summed E-state index contributed by atoms with van der Waals surface area (Å²) < 4.78 is 78.4. The lowest BCUT2D eigenvalue weighted by Gasteiger charge is -2.24. The van der Waals surface area contributed by atoms with Gasteiger partial charge < -0.3 is 9.47 Å². The number of rotatable bonds is 2. The number of hydrogen-bond acceptors (Lipinski definition) is 2. The van der Waals surface area contributed by atoms with Gasteiger partial charge in [-0.05, 0) is 36.2 Å². The van der Waals surface area contributed by atoms with Gasteiger partial charge in [-0.2, -0.15) is 0 Å². The molecule has 2 aromatic carbocycles. The molecule has 0 unspecified atom stereocenters. The number of hydrogen-bond donors (Lipinski definition) is 0. The molecule has 23 heavy (non-hydrogen) atoms. The maximum absolute atomic E-state index is 14.2. The normalized spacial score (nSPS) is 15.9. The average molecular weight is 330 g/mol. The summed E-state index contributed by atoms with van der Waals surface area (Å²) in [5.41, 5.74) is -0.970. The molecule has 0 saturated carbocycles. The molecule has 0 N–H and O–H groups in total. The molecule has 0 bridgehead atoms. The summed E-state index contributed by atoms with van der Waals surface area (Å²) in [7, 11) is 0. The van der Waals surface area contributed by atoms with Crippen LogP contribution in [-0.2, 0) is 9.47 Å². The predicted molar refractivity (Wildman–Crippen MR) is 70.9 cm³/mol. The molecule has 1 fully saturated rings. The van der Waals surface area contributed by atoms with Crippen molar-refractivity contribution in [1.29, 1.82) is 0 Å². The fourth-order valence-electron chi connectivity index (χ4n) is 2.38. The van der Waals surface area contributed by atoms with E-state index in [1.165, 1.54) is 0 Å². The third kappa shape index (κ3) is 3.07. The van der Waals surface area contributed by atoms with Crippen LogP contribution in [0.5, 0.6) is 0 Å². The molecule has 0 atom stereocenters. The Morgan fingerprint density at radius 2 is 1.26 bits per heavy atom. The first-order chi connectivity index (χ1) is 11.0. The van der Waals surface area contributed by atoms with Crippen LogP contribution in [0.2, 0.25) is 0 Å². The predicted octanol–water partition coefficient (Wildman–Crippen LogP) is 4.48. The zero-order valence-electron chi connectivity index (χ0n) is 11.7. The van der Waals surface area contributed by atoms with Gasteiger partial charge in [0.25, 0.3) is 0 Å². The van der Waals surface area contributed by atoms with Crippen molar-refractivity contribution in [3.05, 3.63) is 58.9 Å². The first kappa shape index (κ1) is 15.9. The fraction of sp³-hybridized carbons (Fsp3) is 0.250. The van der Waals surface area contributed by atoms with Gasteiger partial charge in [-0.15, -0.1) is 0 Å². The highest BCUT2D eigenvalue weighted by Crippen LogP contribution is 2.32. The fourth-order valence-corrected chi connectivity index (χ4v) is 2.38. The smallest absolute Gasteiger partial charge is 0.194 e. The summed E-state index contributed by atoms with van der Waals surface area (Å²) in [4.78, 5) is 0. The lowest BCUT2D eigenvalue weighted by atomic mass is 10.0. The Morgan fingerprint density at radius 3 is 1.78 bits per heavy atom. The molecular formula is C16H11F5O2. The van der Waals surface area contributed by atoms with Crippen LogP contribution >= 0.6 is 0 Å². The Labute approximate surface area is 128 Å². The summed E-state index contributed by atoms with van der Waals surface area (Å²) in [6.07, 6.45) is -0.225. The van der Waals surface area contributed by atoms with Gasteiger partial charge in [0.1, 0.15) is 11.6 Å². The van der Waals surface area contributed by atoms with Crippen LogP contribution in [-0.4, -0.2) is 13.2 Å². The van der Waals surface area contributed by atoms with E-state index in [9.17, 15) is 22.0 Å². The van der Waals surface area contributed by atoms with Crippen molar-refractivity contribution < 1.29 is 31.4 Å². The molecule has 1 aliphatic heterocycles. The summed E-state index contributed by atoms with van der Waals surface area (Å²) in [5.74, 6) is -6.86. The summed E-state index contributed by atoms with van der Waals surface area (Å²) in [6.45, 7) is 0.786. The molecule has 0 spiro atoms. The third-order valence-electron chi connectivity index (χ3n) is 3.44. The minimum Gasteiger partial charge on any atom is -0.348 e. The minimum atomic E-state index is -1.70. The number of benzene rings is 2. The van der Waals surface area contributed by atoms with E-state index < -0.39 is 46.5 Å². The monoisotopic (exact) mass is 330 g/mol. The van der Waals surface area contributed by atoms with E-state index in [2.05, 4.69) is 0 Å². The van der Waals surface area contributed by atoms with Crippen LogP contribution in [0, 0.1) is 29.1 Å². The van der Waals surface area contributed by atoms with Gasteiger partial charge in [-0.1, -0.05) is 0 Å². The Kier molecular flexibility index (Phi) is 4.32. The zero-order valence-corrected chi connectivity index (χ0v) is 11.7. The standard InChI is InChI=1S/C16H11F5O2/c17-10-6-9(16-22-2-1-3-23-16)7-11(18)14(10)8-4-12(19)15(21)13(20)5-8/h4-7,16H,1-3H2. The largest absolute Gasteiger partial charge is 0.348 e. The minimum absolute atomic E-state index is 0.117. The van der Waals surface area contributed by atoms with Crippen LogP contribution in [0.25, 0.3) is 11.1 Å². The Hall–Kier alpha value is -1.99. The maximum atomic E-state index is 14.2. The van der Waals surface area contributed by atoms with Gasteiger partial charge in [-0.25, -0.2) is 22.0 Å². The van der Waals surface area contributed by atoms with Crippen molar-refractivity contribution in [2.24, 2.45) is 0 Å². The van der Waals surface area contributed by atoms with Crippen LogP contribution < -0.4 is 0 Å². The van der Waals surface area contributed by atoms with Gasteiger partial charge >= 0.3 is 0 Å². The molecule has 0 radical (unpaired) electrons. The van der Waals surface area contributed by atoms with Crippen LogP contribution in [0.1, 0.15) is 18.3 Å². The van der Waals surface area contributed by atoms with E-state index in [1.807, 2.05) is 0 Å². The summed E-state index contributed by atoms with van der Waals surface area (Å²) >= 11 is 0. The van der Waals surface area contributed by atoms with Crippen molar-refractivity contribution in [1.82, 2.24) is 0 Å². The van der Waals surface area contributed by atoms with Crippen molar-refractivity contribution in [2.45, 2.75) is 12.7 Å². The van der Waals surface area contributed by atoms with Crippen molar-refractivity contribution in [3.8, 4) is 11.1 Å². The highest BCUT2D eigenvalue weighted by Gasteiger charge is 2.22. The highest BCUT2D eigenvalue weighted by molar-refractivity contribution is 5.65. The molecule has 7 heteroatoms. The molecule has 3 rings (SSSR count). The first-order valence-corrected chi connectivity index (χ1v) is 6.84. The van der Waals surface area contributed by atoms with Gasteiger partial charge in [-0.3, -0.25) is 0 Å². The lowest BCUT2D eigenvalue weighted by molar-refractivity contribution is -0.183. The Morgan fingerprint density at radius 1 is 0.739 bits per heavy atom. The van der Waals surface area contributed by atoms with Crippen molar-refractivity contribution in [2.75, 3.05) is 13.2 Å². The molecular weight excluding hydrogens is 319 g/mol. The van der Waals surface area contributed by atoms with Gasteiger partial charge in [0, 0.05) is 5.56 Å². The van der Waals surface area contributed by atoms with Crippen molar-refractivity contribution >= 4 is 0 Å². The number of halogens is 5. The second-order valence-corrected chi connectivity index (χ2v) is 5.04. The number of ether oxygens (including phenoxy) is 2. The molecule has 1 heterocycles.